The van der Waals surface area contributed by atoms with Gasteiger partial charge in [0.2, 0.25) is 11.8 Å². The Bertz CT molecular complexity index is 717. The molecular formula is C20H31N3O4. The fraction of sp³-hybridized carbons (Fsp3) is 0.700. The van der Waals surface area contributed by atoms with Gasteiger partial charge in [-0.1, -0.05) is 39.0 Å². The SMILES string of the molecule is CCCc1c(CC2(N)CCCCCC2)c(O)n(C2CCC(=O)NC2=O)c1O. The van der Waals surface area contributed by atoms with E-state index in [1.807, 2.05) is 6.92 Å². The molecule has 1 saturated carbocycles. The Hall–Kier alpha value is -2.02. The minimum Gasteiger partial charge on any atom is -0.494 e. The van der Waals surface area contributed by atoms with Crippen molar-refractivity contribution < 1.29 is 19.8 Å². The van der Waals surface area contributed by atoms with Gasteiger partial charge >= 0.3 is 0 Å². The average molecular weight is 377 g/mol. The molecule has 1 aliphatic carbocycles. The van der Waals surface area contributed by atoms with Crippen molar-refractivity contribution in [2.75, 3.05) is 0 Å². The number of hydrogen-bond acceptors (Lipinski definition) is 5. The predicted octanol–water partition coefficient (Wildman–Crippen LogP) is 2.42. The summed E-state index contributed by atoms with van der Waals surface area (Å²) in [7, 11) is 0. The van der Waals surface area contributed by atoms with Crippen molar-refractivity contribution in [1.29, 1.82) is 0 Å². The van der Waals surface area contributed by atoms with Gasteiger partial charge in [-0.05, 0) is 32.1 Å². The molecule has 5 N–H and O–H groups in total. The topological polar surface area (TPSA) is 118 Å². The lowest BCUT2D eigenvalue weighted by atomic mass is 9.84. The summed E-state index contributed by atoms with van der Waals surface area (Å²) in [6, 6.07) is -0.782. The zero-order chi connectivity index (χ0) is 19.6. The van der Waals surface area contributed by atoms with Gasteiger partial charge in [0.25, 0.3) is 0 Å². The van der Waals surface area contributed by atoms with Crippen LogP contribution in [0.4, 0.5) is 0 Å². The Morgan fingerprint density at radius 2 is 1.74 bits per heavy atom. The summed E-state index contributed by atoms with van der Waals surface area (Å²) >= 11 is 0. The lowest BCUT2D eigenvalue weighted by Crippen LogP contribution is -2.42. The molecule has 1 aromatic rings. The van der Waals surface area contributed by atoms with E-state index >= 15 is 0 Å². The van der Waals surface area contributed by atoms with Crippen LogP contribution in [0.1, 0.15) is 81.9 Å². The summed E-state index contributed by atoms with van der Waals surface area (Å²) < 4.78 is 1.29. The normalized spacial score (nSPS) is 23.1. The lowest BCUT2D eigenvalue weighted by molar-refractivity contribution is -0.135. The van der Waals surface area contributed by atoms with Crippen molar-refractivity contribution >= 4 is 11.8 Å². The third kappa shape index (κ3) is 3.98. The van der Waals surface area contributed by atoms with Gasteiger partial charge in [0, 0.05) is 23.1 Å². The average Bonchev–Trinajstić information content (AvgIpc) is 2.77. The molecule has 0 bridgehead atoms. The molecule has 150 valence electrons. The molecule has 1 saturated heterocycles. The van der Waals surface area contributed by atoms with Crippen molar-refractivity contribution in [1.82, 2.24) is 9.88 Å². The molecule has 1 atom stereocenters. The van der Waals surface area contributed by atoms with Crippen LogP contribution in [0.15, 0.2) is 0 Å². The number of amides is 2. The molecule has 0 spiro atoms. The quantitative estimate of drug-likeness (QED) is 0.464. The highest BCUT2D eigenvalue weighted by Gasteiger charge is 2.36. The number of nitrogens with zero attached hydrogens (tertiary/aromatic N) is 1. The van der Waals surface area contributed by atoms with Crippen LogP contribution in [0.3, 0.4) is 0 Å². The summed E-state index contributed by atoms with van der Waals surface area (Å²) in [5, 5.41) is 24.1. The Morgan fingerprint density at radius 3 is 2.33 bits per heavy atom. The highest BCUT2D eigenvalue weighted by Crippen LogP contribution is 2.42. The highest BCUT2D eigenvalue weighted by atomic mass is 16.3. The van der Waals surface area contributed by atoms with Gasteiger partial charge in [-0.15, -0.1) is 0 Å². The van der Waals surface area contributed by atoms with Gasteiger partial charge in [-0.3, -0.25) is 19.5 Å². The summed E-state index contributed by atoms with van der Waals surface area (Å²) in [5.41, 5.74) is 7.61. The van der Waals surface area contributed by atoms with Gasteiger partial charge in [-0.2, -0.15) is 0 Å². The maximum atomic E-state index is 12.3. The number of carbonyl (C=O) groups excluding carboxylic acids is 2. The van der Waals surface area contributed by atoms with Crippen LogP contribution in [-0.4, -0.2) is 32.1 Å². The second-order valence-corrected chi connectivity index (χ2v) is 8.14. The molecule has 2 heterocycles. The van der Waals surface area contributed by atoms with Crippen LogP contribution < -0.4 is 11.1 Å². The summed E-state index contributed by atoms with van der Waals surface area (Å²) in [6.07, 6.45) is 8.62. The maximum Gasteiger partial charge on any atom is 0.249 e. The molecule has 3 rings (SSSR count). The fourth-order valence-corrected chi connectivity index (χ4v) is 4.54. The Balaban J connectivity index is 1.98. The molecular weight excluding hydrogens is 346 g/mol. The molecule has 2 fully saturated rings. The van der Waals surface area contributed by atoms with Crippen molar-refractivity contribution in [2.24, 2.45) is 5.73 Å². The van der Waals surface area contributed by atoms with Gasteiger partial charge in [-0.25, -0.2) is 0 Å². The number of hydrogen-bond donors (Lipinski definition) is 4. The number of nitrogens with two attached hydrogens (primary N) is 1. The van der Waals surface area contributed by atoms with E-state index in [0.29, 0.717) is 24.0 Å². The number of carbonyl (C=O) groups is 2. The molecule has 1 aliphatic heterocycles. The van der Waals surface area contributed by atoms with Crippen molar-refractivity contribution in [3.05, 3.63) is 11.1 Å². The first kappa shape index (κ1) is 19.7. The first-order valence-electron chi connectivity index (χ1n) is 10.1. The fourth-order valence-electron chi connectivity index (χ4n) is 4.54. The van der Waals surface area contributed by atoms with Gasteiger partial charge < -0.3 is 15.9 Å². The van der Waals surface area contributed by atoms with Gasteiger partial charge in [0.15, 0.2) is 11.8 Å². The lowest BCUT2D eigenvalue weighted by Gasteiger charge is -2.28. The Labute approximate surface area is 159 Å². The third-order valence-corrected chi connectivity index (χ3v) is 6.01. The number of nitrogens with one attached hydrogen (secondary N) is 1. The summed E-state index contributed by atoms with van der Waals surface area (Å²) in [6.45, 7) is 2.01. The Morgan fingerprint density at radius 1 is 1.11 bits per heavy atom. The van der Waals surface area contributed by atoms with Gasteiger partial charge in [0.05, 0.1) is 0 Å². The van der Waals surface area contributed by atoms with E-state index in [2.05, 4.69) is 5.32 Å². The monoisotopic (exact) mass is 377 g/mol. The molecule has 7 nitrogen and oxygen atoms in total. The minimum atomic E-state index is -0.782. The Kier molecular flexibility index (Phi) is 5.79. The second kappa shape index (κ2) is 7.92. The molecule has 1 aromatic heterocycles. The highest BCUT2D eigenvalue weighted by molar-refractivity contribution is 5.99. The van der Waals surface area contributed by atoms with Crippen molar-refractivity contribution in [2.45, 2.75) is 89.1 Å². The zero-order valence-corrected chi connectivity index (χ0v) is 16.1. The molecule has 0 aromatic carbocycles. The second-order valence-electron chi connectivity index (χ2n) is 8.14. The van der Waals surface area contributed by atoms with Crippen LogP contribution in [0.25, 0.3) is 0 Å². The molecule has 7 heteroatoms. The van der Waals surface area contributed by atoms with Crippen LogP contribution in [0.5, 0.6) is 11.8 Å². The van der Waals surface area contributed by atoms with Crippen LogP contribution in [0.2, 0.25) is 0 Å². The van der Waals surface area contributed by atoms with E-state index in [-0.39, 0.29) is 30.5 Å². The van der Waals surface area contributed by atoms with Crippen molar-refractivity contribution in [3.8, 4) is 11.8 Å². The summed E-state index contributed by atoms with van der Waals surface area (Å²) in [4.78, 5) is 23.7. The molecule has 2 aliphatic rings. The van der Waals surface area contributed by atoms with E-state index < -0.39 is 17.5 Å². The number of piperidine rings is 1. The van der Waals surface area contributed by atoms with E-state index in [9.17, 15) is 19.8 Å². The first-order valence-corrected chi connectivity index (χ1v) is 10.1. The molecule has 0 radical (unpaired) electrons. The van der Waals surface area contributed by atoms with Crippen molar-refractivity contribution in [3.63, 3.8) is 0 Å². The number of aromatic nitrogens is 1. The largest absolute Gasteiger partial charge is 0.494 e. The van der Waals surface area contributed by atoms with Gasteiger partial charge in [0.1, 0.15) is 6.04 Å². The molecule has 2 amide bonds. The number of imide groups is 1. The van der Waals surface area contributed by atoms with E-state index in [1.165, 1.54) is 17.4 Å². The van der Waals surface area contributed by atoms with Crippen LogP contribution in [-0.2, 0) is 22.4 Å². The van der Waals surface area contributed by atoms with Crippen LogP contribution in [0, 0.1) is 0 Å². The number of rotatable bonds is 5. The predicted molar refractivity (Wildman–Crippen MR) is 102 cm³/mol. The maximum absolute atomic E-state index is 12.3. The van der Waals surface area contributed by atoms with E-state index in [0.717, 1.165) is 32.1 Å². The third-order valence-electron chi connectivity index (χ3n) is 6.01. The molecule has 27 heavy (non-hydrogen) atoms. The smallest absolute Gasteiger partial charge is 0.249 e. The molecule has 1 unspecified atom stereocenters. The van der Waals surface area contributed by atoms with Crippen LogP contribution >= 0.6 is 0 Å². The zero-order valence-electron chi connectivity index (χ0n) is 16.1. The summed E-state index contributed by atoms with van der Waals surface area (Å²) in [5.74, 6) is -0.968. The van der Waals surface area contributed by atoms with E-state index in [4.69, 9.17) is 5.73 Å². The standard InChI is InChI=1S/C20H31N3O4/c1-2-7-13-14(12-20(21)10-5-3-4-6-11-20)19(27)23(18(13)26)15-8-9-16(24)22-17(15)25/h15,26-27H,2-12,21H2,1H3,(H,22,24,25). The minimum absolute atomic E-state index is 0.0731. The first-order chi connectivity index (χ1) is 12.9. The number of aromatic hydroxyl groups is 2. The van der Waals surface area contributed by atoms with E-state index in [1.54, 1.807) is 0 Å².